The zero-order valence-corrected chi connectivity index (χ0v) is 10.9. The molecule has 0 bridgehead atoms. The van der Waals surface area contributed by atoms with E-state index >= 15 is 0 Å². The van der Waals surface area contributed by atoms with Gasteiger partial charge in [0.2, 0.25) is 0 Å². The molecule has 0 radical (unpaired) electrons. The molecule has 0 aliphatic carbocycles. The Balaban J connectivity index is 3.32. The van der Waals surface area contributed by atoms with Crippen LogP contribution < -0.4 is 11.1 Å². The van der Waals surface area contributed by atoms with Crippen LogP contribution in [0.3, 0.4) is 0 Å². The fourth-order valence-electron chi connectivity index (χ4n) is 1.84. The summed E-state index contributed by atoms with van der Waals surface area (Å²) in [5.74, 6) is -2.39. The number of nitro benzene ring substituents is 1. The van der Waals surface area contributed by atoms with Crippen LogP contribution in [-0.4, -0.2) is 17.0 Å². The van der Waals surface area contributed by atoms with Crippen molar-refractivity contribution in [3.05, 3.63) is 33.9 Å². The van der Waals surface area contributed by atoms with Crippen LogP contribution in [0.1, 0.15) is 26.7 Å². The smallest absolute Gasteiger partial charge is 0.295 e. The van der Waals surface area contributed by atoms with Crippen LogP contribution in [0, 0.1) is 21.7 Å². The molecule has 0 fully saturated rings. The second-order valence-corrected chi connectivity index (χ2v) is 4.33. The number of rotatable bonds is 6. The molecule has 0 aromatic heterocycles. The van der Waals surface area contributed by atoms with E-state index in [0.29, 0.717) is 12.8 Å². The zero-order valence-electron chi connectivity index (χ0n) is 10.9. The van der Waals surface area contributed by atoms with Crippen molar-refractivity contribution >= 4 is 11.4 Å². The minimum Gasteiger partial charge on any atom is -0.370 e. The zero-order chi connectivity index (χ0) is 14.6. The lowest BCUT2D eigenvalue weighted by Gasteiger charge is -2.32. The molecule has 106 valence electrons. The van der Waals surface area contributed by atoms with Gasteiger partial charge in [0, 0.05) is 18.2 Å². The van der Waals surface area contributed by atoms with Gasteiger partial charge in [-0.05, 0) is 18.9 Å². The number of hydrogen-bond acceptors (Lipinski definition) is 4. The molecule has 1 aromatic carbocycles. The monoisotopic (exact) mass is 273 g/mol. The van der Waals surface area contributed by atoms with Gasteiger partial charge in [-0.3, -0.25) is 10.1 Å². The molecule has 0 heterocycles. The van der Waals surface area contributed by atoms with Gasteiger partial charge in [0.25, 0.3) is 5.69 Å². The van der Waals surface area contributed by atoms with Gasteiger partial charge in [-0.25, -0.2) is 8.78 Å². The van der Waals surface area contributed by atoms with E-state index in [9.17, 15) is 18.9 Å². The van der Waals surface area contributed by atoms with Crippen LogP contribution in [0.25, 0.3) is 0 Å². The summed E-state index contributed by atoms with van der Waals surface area (Å²) in [6.45, 7) is 3.81. The Morgan fingerprint density at radius 3 is 2.37 bits per heavy atom. The highest BCUT2D eigenvalue weighted by molar-refractivity contribution is 5.63. The van der Waals surface area contributed by atoms with Crippen molar-refractivity contribution in [2.75, 3.05) is 11.9 Å². The lowest BCUT2D eigenvalue weighted by atomic mass is 9.92. The largest absolute Gasteiger partial charge is 0.370 e. The fraction of sp³-hybridized carbons (Fsp3) is 0.500. The van der Waals surface area contributed by atoms with E-state index in [1.807, 2.05) is 13.8 Å². The minimum absolute atomic E-state index is 0.160. The Hall–Kier alpha value is -1.76. The maximum atomic E-state index is 13.8. The number of halogens is 2. The molecule has 0 unspecified atom stereocenters. The van der Waals surface area contributed by atoms with Crippen molar-refractivity contribution < 1.29 is 13.7 Å². The molecule has 0 saturated carbocycles. The van der Waals surface area contributed by atoms with E-state index in [-0.39, 0.29) is 6.54 Å². The van der Waals surface area contributed by atoms with Crippen molar-refractivity contribution in [1.82, 2.24) is 0 Å². The van der Waals surface area contributed by atoms with Gasteiger partial charge in [-0.1, -0.05) is 13.8 Å². The Bertz CT molecular complexity index is 468. The van der Waals surface area contributed by atoms with Gasteiger partial charge in [-0.15, -0.1) is 0 Å². The normalized spacial score (nSPS) is 11.4. The van der Waals surface area contributed by atoms with E-state index in [1.54, 1.807) is 0 Å². The van der Waals surface area contributed by atoms with E-state index < -0.39 is 33.5 Å². The standard InChI is InChI=1S/C12H17F2N3O2/c1-3-12(4-2,7-15)16-11-9(17(18)19)6-5-8(13)10(11)14/h5-6,16H,3-4,7,15H2,1-2H3. The number of nitrogens with zero attached hydrogens (tertiary/aromatic N) is 1. The maximum absolute atomic E-state index is 13.8. The van der Waals surface area contributed by atoms with Gasteiger partial charge in [0.1, 0.15) is 0 Å². The fourth-order valence-corrected chi connectivity index (χ4v) is 1.84. The Kier molecular flexibility index (Phi) is 4.77. The van der Waals surface area contributed by atoms with Gasteiger partial charge in [0.15, 0.2) is 17.3 Å². The highest BCUT2D eigenvalue weighted by atomic mass is 19.2. The second-order valence-electron chi connectivity index (χ2n) is 4.33. The molecule has 0 spiro atoms. The Morgan fingerprint density at radius 1 is 1.37 bits per heavy atom. The first-order valence-corrected chi connectivity index (χ1v) is 6.01. The van der Waals surface area contributed by atoms with Crippen LogP contribution in [-0.2, 0) is 0 Å². The lowest BCUT2D eigenvalue weighted by molar-refractivity contribution is -0.384. The molecular formula is C12H17F2N3O2. The molecule has 3 N–H and O–H groups in total. The molecule has 7 heteroatoms. The molecular weight excluding hydrogens is 256 g/mol. The Morgan fingerprint density at radius 2 is 1.95 bits per heavy atom. The summed E-state index contributed by atoms with van der Waals surface area (Å²) in [6.07, 6.45) is 1.07. The summed E-state index contributed by atoms with van der Waals surface area (Å²) >= 11 is 0. The minimum atomic E-state index is -1.26. The summed E-state index contributed by atoms with van der Waals surface area (Å²) in [7, 11) is 0. The third-order valence-electron chi connectivity index (χ3n) is 3.40. The van der Waals surface area contributed by atoms with Crippen LogP contribution in [0.15, 0.2) is 12.1 Å². The molecule has 1 rings (SSSR count). The molecule has 19 heavy (non-hydrogen) atoms. The molecule has 0 aliphatic heterocycles. The van der Waals surface area contributed by atoms with Crippen LogP contribution in [0.2, 0.25) is 0 Å². The summed E-state index contributed by atoms with van der Waals surface area (Å²) in [6, 6.07) is 1.67. The predicted molar refractivity (Wildman–Crippen MR) is 69.0 cm³/mol. The molecule has 1 aromatic rings. The summed E-state index contributed by atoms with van der Waals surface area (Å²) in [5, 5.41) is 13.6. The number of hydrogen-bond donors (Lipinski definition) is 2. The van der Waals surface area contributed by atoms with Gasteiger partial charge >= 0.3 is 0 Å². The first-order chi connectivity index (χ1) is 8.90. The third-order valence-corrected chi connectivity index (χ3v) is 3.40. The first kappa shape index (κ1) is 15.3. The topological polar surface area (TPSA) is 81.2 Å². The molecule has 5 nitrogen and oxygen atoms in total. The van der Waals surface area contributed by atoms with E-state index in [4.69, 9.17) is 5.73 Å². The van der Waals surface area contributed by atoms with E-state index in [2.05, 4.69) is 5.32 Å². The molecule has 0 aliphatic rings. The van der Waals surface area contributed by atoms with Crippen LogP contribution in [0.4, 0.5) is 20.2 Å². The average Bonchev–Trinajstić information content (AvgIpc) is 2.40. The van der Waals surface area contributed by atoms with Crippen molar-refractivity contribution in [1.29, 1.82) is 0 Å². The van der Waals surface area contributed by atoms with Crippen molar-refractivity contribution in [3.8, 4) is 0 Å². The average molecular weight is 273 g/mol. The van der Waals surface area contributed by atoms with Crippen molar-refractivity contribution in [3.63, 3.8) is 0 Å². The second kappa shape index (κ2) is 5.92. The predicted octanol–water partition coefficient (Wildman–Crippen LogP) is 2.80. The molecule has 0 atom stereocenters. The van der Waals surface area contributed by atoms with Crippen molar-refractivity contribution in [2.45, 2.75) is 32.2 Å². The van der Waals surface area contributed by atoms with E-state index in [1.165, 1.54) is 0 Å². The SMILES string of the molecule is CCC(CC)(CN)Nc1c([N+](=O)[O-])ccc(F)c1F. The summed E-state index contributed by atoms with van der Waals surface area (Å²) < 4.78 is 27.0. The highest BCUT2D eigenvalue weighted by Gasteiger charge is 2.30. The Labute approximate surface area is 109 Å². The quantitative estimate of drug-likeness (QED) is 0.617. The van der Waals surface area contributed by atoms with Crippen LogP contribution in [0.5, 0.6) is 0 Å². The number of nitrogens with one attached hydrogen (secondary N) is 1. The third kappa shape index (κ3) is 2.98. The van der Waals surface area contributed by atoms with E-state index in [0.717, 1.165) is 12.1 Å². The number of benzene rings is 1. The van der Waals surface area contributed by atoms with Gasteiger partial charge in [0.05, 0.1) is 4.92 Å². The lowest BCUT2D eigenvalue weighted by Crippen LogP contribution is -2.44. The van der Waals surface area contributed by atoms with Gasteiger partial charge < -0.3 is 11.1 Å². The van der Waals surface area contributed by atoms with Crippen LogP contribution >= 0.6 is 0 Å². The maximum Gasteiger partial charge on any atom is 0.295 e. The summed E-state index contributed by atoms with van der Waals surface area (Å²) in [4.78, 5) is 10.1. The number of nitrogens with two attached hydrogens (primary N) is 1. The first-order valence-electron chi connectivity index (χ1n) is 6.01. The number of nitro groups is 1. The number of anilines is 1. The molecule has 0 saturated heterocycles. The summed E-state index contributed by atoms with van der Waals surface area (Å²) in [5.41, 5.74) is 4.00. The van der Waals surface area contributed by atoms with Crippen molar-refractivity contribution in [2.24, 2.45) is 5.73 Å². The van der Waals surface area contributed by atoms with Gasteiger partial charge in [-0.2, -0.15) is 0 Å². The molecule has 0 amide bonds. The highest BCUT2D eigenvalue weighted by Crippen LogP contribution is 2.33.